The van der Waals surface area contributed by atoms with Crippen LogP contribution in [-0.4, -0.2) is 12.0 Å². The van der Waals surface area contributed by atoms with Crippen molar-refractivity contribution in [3.63, 3.8) is 0 Å². The van der Waals surface area contributed by atoms with Gasteiger partial charge in [0.1, 0.15) is 0 Å². The highest BCUT2D eigenvalue weighted by molar-refractivity contribution is 5.73. The van der Waals surface area contributed by atoms with Crippen LogP contribution in [0.15, 0.2) is 0 Å². The number of carbonyl (C=O) groups is 1. The van der Waals surface area contributed by atoms with Gasteiger partial charge in [-0.15, -0.1) is 0 Å². The molecule has 3 nitrogen and oxygen atoms in total. The third-order valence-electron chi connectivity index (χ3n) is 6.45. The fourth-order valence-electron chi connectivity index (χ4n) is 5.72. The molecule has 5 rings (SSSR count). The molecule has 5 saturated carbocycles. The van der Waals surface area contributed by atoms with E-state index in [1.807, 2.05) is 0 Å². The zero-order valence-corrected chi connectivity index (χ0v) is 13.3. The van der Waals surface area contributed by atoms with Crippen molar-refractivity contribution in [3.8, 4) is 0 Å². The fraction of sp³-hybridized carbons (Fsp3) is 0.944. The highest BCUT2D eigenvalue weighted by Crippen LogP contribution is 2.59. The van der Waals surface area contributed by atoms with Crippen LogP contribution in [0.2, 0.25) is 0 Å². The number of aliphatic carboxylic acids is 1. The Hall–Kier alpha value is -0.570. The van der Waals surface area contributed by atoms with Crippen molar-refractivity contribution in [1.29, 1.82) is 0 Å². The van der Waals surface area contributed by atoms with Crippen LogP contribution < -0.4 is 10.8 Å². The molecule has 5 fully saturated rings. The van der Waals surface area contributed by atoms with Gasteiger partial charge in [0.25, 0.3) is 0 Å². The summed E-state index contributed by atoms with van der Waals surface area (Å²) in [4.78, 5) is 11.1. The zero-order valence-electron chi connectivity index (χ0n) is 13.3. The van der Waals surface area contributed by atoms with Crippen molar-refractivity contribution in [3.05, 3.63) is 0 Å². The lowest BCUT2D eigenvalue weighted by Crippen LogP contribution is -2.60. The Morgan fingerprint density at radius 3 is 1.67 bits per heavy atom. The van der Waals surface area contributed by atoms with Crippen molar-refractivity contribution in [1.82, 2.24) is 0 Å². The lowest BCUT2D eigenvalue weighted by Gasteiger charge is -2.57. The van der Waals surface area contributed by atoms with Crippen molar-refractivity contribution in [2.45, 2.75) is 83.1 Å². The molecule has 0 aliphatic heterocycles. The van der Waals surface area contributed by atoms with Crippen LogP contribution in [0.4, 0.5) is 0 Å². The molecule has 3 heteroatoms. The smallest absolute Gasteiger partial charge is 0.0843 e. The Morgan fingerprint density at radius 1 is 0.857 bits per heavy atom. The van der Waals surface area contributed by atoms with Crippen molar-refractivity contribution < 1.29 is 15.6 Å². The summed E-state index contributed by atoms with van der Waals surface area (Å²) in [6.07, 6.45) is 15.1. The number of carboxylic acids is 1. The minimum absolute atomic E-state index is 0.394. The van der Waals surface area contributed by atoms with Crippen LogP contribution in [0.25, 0.3) is 0 Å². The van der Waals surface area contributed by atoms with E-state index in [1.54, 1.807) is 0 Å². The Labute approximate surface area is 128 Å². The van der Waals surface area contributed by atoms with Crippen LogP contribution in [-0.2, 0) is 4.79 Å². The summed E-state index contributed by atoms with van der Waals surface area (Å²) < 4.78 is 0. The first-order chi connectivity index (χ1) is 10.1. The molecule has 0 amide bonds. The Balaban J connectivity index is 0.000000143. The van der Waals surface area contributed by atoms with Crippen molar-refractivity contribution in [2.24, 2.45) is 23.2 Å². The summed E-state index contributed by atoms with van der Waals surface area (Å²) in [6.45, 7) is 0. The standard InChI is InChI=1S/C11H16O2.C7H15N/c12-10(13)11-4-7-1-8(5-11)3-9(2-7)6-11;8-7-5-3-1-2-4-6-7/h7-9H,1-6H2,(H,12,13);7H,1-6,8H2. The van der Waals surface area contributed by atoms with Crippen molar-refractivity contribution >= 4 is 5.97 Å². The van der Waals surface area contributed by atoms with Gasteiger partial charge in [0.2, 0.25) is 0 Å². The van der Waals surface area contributed by atoms with E-state index in [2.05, 4.69) is 5.73 Å². The molecule has 0 unspecified atom stereocenters. The molecule has 0 heterocycles. The number of hydrogen-bond acceptors (Lipinski definition) is 2. The average molecular weight is 293 g/mol. The van der Waals surface area contributed by atoms with Gasteiger partial charge >= 0.3 is 0 Å². The minimum atomic E-state index is -0.758. The Morgan fingerprint density at radius 2 is 1.29 bits per heavy atom. The largest absolute Gasteiger partial charge is 0.550 e. The molecule has 0 aromatic heterocycles. The van der Waals surface area contributed by atoms with E-state index >= 15 is 0 Å². The third-order valence-corrected chi connectivity index (χ3v) is 6.45. The van der Waals surface area contributed by atoms with Gasteiger partial charge in [-0.05, 0) is 82.0 Å². The van der Waals surface area contributed by atoms with E-state index in [9.17, 15) is 9.90 Å². The molecular formula is C18H31NO2. The van der Waals surface area contributed by atoms with Crippen LogP contribution in [0.3, 0.4) is 0 Å². The summed E-state index contributed by atoms with van der Waals surface area (Å²) in [6, 6.07) is 0.775. The summed E-state index contributed by atoms with van der Waals surface area (Å²) in [5, 5.41) is 11.1. The number of carboxylic acid groups (broad SMARTS) is 1. The summed E-state index contributed by atoms with van der Waals surface area (Å²) in [5.41, 5.74) is 3.66. The van der Waals surface area contributed by atoms with Gasteiger partial charge in [-0.2, -0.15) is 0 Å². The zero-order chi connectivity index (χ0) is 14.9. The molecule has 5 aliphatic carbocycles. The second-order valence-corrected chi connectivity index (χ2v) is 8.34. The second kappa shape index (κ2) is 6.28. The van der Waals surface area contributed by atoms with Crippen LogP contribution in [0.5, 0.6) is 0 Å². The van der Waals surface area contributed by atoms with E-state index < -0.39 is 11.4 Å². The van der Waals surface area contributed by atoms with Gasteiger partial charge in [-0.25, -0.2) is 0 Å². The lowest BCUT2D eigenvalue weighted by atomic mass is 9.49. The molecule has 0 saturated heterocycles. The normalized spacial score (nSPS) is 42.0. The topological polar surface area (TPSA) is 67.8 Å². The molecule has 0 atom stereocenters. The van der Waals surface area contributed by atoms with E-state index in [0.29, 0.717) is 17.8 Å². The maximum absolute atomic E-state index is 11.1. The van der Waals surface area contributed by atoms with E-state index in [0.717, 1.165) is 25.3 Å². The van der Waals surface area contributed by atoms with Crippen LogP contribution in [0, 0.1) is 23.2 Å². The van der Waals surface area contributed by atoms with Crippen LogP contribution >= 0.6 is 0 Å². The molecule has 0 spiro atoms. The molecule has 0 aromatic rings. The van der Waals surface area contributed by atoms with Crippen molar-refractivity contribution in [2.75, 3.05) is 0 Å². The molecule has 4 bridgehead atoms. The van der Waals surface area contributed by atoms with Gasteiger partial charge in [0, 0.05) is 11.4 Å². The highest BCUT2D eigenvalue weighted by atomic mass is 16.4. The Kier molecular flexibility index (Phi) is 4.58. The maximum atomic E-state index is 11.1. The van der Waals surface area contributed by atoms with E-state index in [4.69, 9.17) is 0 Å². The van der Waals surface area contributed by atoms with Crippen LogP contribution in [0.1, 0.15) is 77.0 Å². The van der Waals surface area contributed by atoms with Gasteiger partial charge in [0.05, 0.1) is 6.04 Å². The number of hydrogen-bond donors (Lipinski definition) is 1. The molecule has 0 radical (unpaired) electrons. The first kappa shape index (κ1) is 15.3. The third kappa shape index (κ3) is 3.44. The van der Waals surface area contributed by atoms with Gasteiger partial charge < -0.3 is 15.6 Å². The average Bonchev–Trinajstić information content (AvgIpc) is 2.65. The highest BCUT2D eigenvalue weighted by Gasteiger charge is 2.51. The number of carbonyl (C=O) groups excluding carboxylic acids is 1. The monoisotopic (exact) mass is 293 g/mol. The molecule has 21 heavy (non-hydrogen) atoms. The quantitative estimate of drug-likeness (QED) is 0.750. The fourth-order valence-corrected chi connectivity index (χ4v) is 5.72. The molecule has 120 valence electrons. The summed E-state index contributed by atoms with van der Waals surface area (Å²) in [7, 11) is 0. The lowest BCUT2D eigenvalue weighted by molar-refractivity contribution is -0.422. The summed E-state index contributed by atoms with van der Waals surface area (Å²) >= 11 is 0. The first-order valence-corrected chi connectivity index (χ1v) is 9.12. The van der Waals surface area contributed by atoms with Gasteiger partial charge in [-0.3, -0.25) is 0 Å². The van der Waals surface area contributed by atoms with Gasteiger partial charge in [-0.1, -0.05) is 12.8 Å². The predicted molar refractivity (Wildman–Crippen MR) is 80.0 cm³/mol. The van der Waals surface area contributed by atoms with E-state index in [1.165, 1.54) is 57.8 Å². The summed E-state index contributed by atoms with van der Waals surface area (Å²) in [5.74, 6) is 1.38. The Bertz CT molecular complexity index is 336. The van der Waals surface area contributed by atoms with Gasteiger partial charge in [0.15, 0.2) is 0 Å². The molecule has 0 aromatic carbocycles. The second-order valence-electron chi connectivity index (χ2n) is 8.34. The van der Waals surface area contributed by atoms with E-state index in [-0.39, 0.29) is 0 Å². The SMILES string of the molecule is O=C([O-])C12CC3CC(CC(C3)C1)C2.[NH3+]C1CCCCCC1. The number of rotatable bonds is 1. The minimum Gasteiger partial charge on any atom is -0.550 e. The number of quaternary nitrogens is 1. The predicted octanol–water partition coefficient (Wildman–Crippen LogP) is 1.90. The maximum Gasteiger partial charge on any atom is 0.0843 e. The molecule has 3 N–H and O–H groups in total. The first-order valence-electron chi connectivity index (χ1n) is 9.12. The molecular weight excluding hydrogens is 262 g/mol. The molecule has 5 aliphatic rings.